The van der Waals surface area contributed by atoms with Gasteiger partial charge in [-0.1, -0.05) is 12.1 Å². The highest BCUT2D eigenvalue weighted by molar-refractivity contribution is 6.21. The molecule has 110 valence electrons. The summed E-state index contributed by atoms with van der Waals surface area (Å²) in [6.07, 6.45) is 0.0518. The second-order valence-electron chi connectivity index (χ2n) is 5.03. The molecule has 5 heteroatoms. The molecule has 0 unspecified atom stereocenters. The number of benzene rings is 2. The standard InChI is InChI=1S/C17H13NO4/c19-12-7-5-11(6-8-12)15(20)9-10-18-16(21)13-3-1-2-4-14(13)17(18)22/h1-8,19H,9-10H2. The number of phenolic OH excluding ortho intramolecular Hbond substituents is 1. The van der Waals surface area contributed by atoms with E-state index in [0.29, 0.717) is 16.7 Å². The molecule has 22 heavy (non-hydrogen) atoms. The Labute approximate surface area is 126 Å². The molecule has 1 N–H and O–H groups in total. The molecule has 2 aromatic rings. The number of carbonyl (C=O) groups is 3. The maximum atomic E-state index is 12.2. The number of Topliss-reactive ketones (excluding diaryl/α,β-unsaturated/α-hetero) is 1. The van der Waals surface area contributed by atoms with Crippen LogP contribution in [0.4, 0.5) is 0 Å². The summed E-state index contributed by atoms with van der Waals surface area (Å²) in [5, 5.41) is 9.20. The lowest BCUT2D eigenvalue weighted by atomic mass is 10.1. The van der Waals surface area contributed by atoms with Crippen LogP contribution in [0.5, 0.6) is 5.75 Å². The van der Waals surface area contributed by atoms with Crippen molar-refractivity contribution < 1.29 is 19.5 Å². The zero-order valence-corrected chi connectivity index (χ0v) is 11.7. The number of ketones is 1. The predicted octanol–water partition coefficient (Wildman–Crippen LogP) is 2.26. The Morgan fingerprint density at radius 2 is 1.45 bits per heavy atom. The molecule has 0 radical (unpaired) electrons. The number of amides is 2. The van der Waals surface area contributed by atoms with Gasteiger partial charge in [-0.25, -0.2) is 0 Å². The minimum absolute atomic E-state index is 0.0477. The molecule has 1 heterocycles. The zero-order chi connectivity index (χ0) is 15.7. The van der Waals surface area contributed by atoms with Crippen molar-refractivity contribution in [3.05, 3.63) is 65.2 Å². The largest absolute Gasteiger partial charge is 0.508 e. The summed E-state index contributed by atoms with van der Waals surface area (Å²) in [6, 6.07) is 12.5. The first-order chi connectivity index (χ1) is 10.6. The van der Waals surface area contributed by atoms with Gasteiger partial charge in [0.2, 0.25) is 0 Å². The summed E-state index contributed by atoms with van der Waals surface area (Å²) >= 11 is 0. The van der Waals surface area contributed by atoms with Crippen molar-refractivity contribution in [2.75, 3.05) is 6.54 Å². The summed E-state index contributed by atoms with van der Waals surface area (Å²) < 4.78 is 0. The van der Waals surface area contributed by atoms with Gasteiger partial charge in [-0.2, -0.15) is 0 Å². The molecule has 0 fully saturated rings. The van der Waals surface area contributed by atoms with Crippen LogP contribution in [-0.4, -0.2) is 34.1 Å². The van der Waals surface area contributed by atoms with Crippen LogP contribution in [0, 0.1) is 0 Å². The third-order valence-corrected chi connectivity index (χ3v) is 3.63. The molecule has 1 aliphatic rings. The first-order valence-electron chi connectivity index (χ1n) is 6.85. The lowest BCUT2D eigenvalue weighted by molar-refractivity contribution is 0.0649. The van der Waals surface area contributed by atoms with E-state index in [-0.39, 0.29) is 36.3 Å². The van der Waals surface area contributed by atoms with Crippen LogP contribution in [0.1, 0.15) is 37.5 Å². The lowest BCUT2D eigenvalue weighted by Crippen LogP contribution is -2.31. The van der Waals surface area contributed by atoms with Gasteiger partial charge < -0.3 is 5.11 Å². The molecule has 0 bridgehead atoms. The SMILES string of the molecule is O=C(CCN1C(=O)c2ccccc2C1=O)c1ccc(O)cc1. The smallest absolute Gasteiger partial charge is 0.261 e. The minimum atomic E-state index is -0.362. The van der Waals surface area contributed by atoms with Crippen molar-refractivity contribution in [3.8, 4) is 5.75 Å². The highest BCUT2D eigenvalue weighted by Gasteiger charge is 2.34. The van der Waals surface area contributed by atoms with Crippen LogP contribution >= 0.6 is 0 Å². The summed E-state index contributed by atoms with van der Waals surface area (Å²) in [5.41, 5.74) is 1.20. The summed E-state index contributed by atoms with van der Waals surface area (Å²) in [7, 11) is 0. The number of rotatable bonds is 4. The van der Waals surface area contributed by atoms with Gasteiger partial charge in [-0.15, -0.1) is 0 Å². The van der Waals surface area contributed by atoms with Gasteiger partial charge in [0.25, 0.3) is 11.8 Å². The molecule has 0 aliphatic carbocycles. The van der Waals surface area contributed by atoms with E-state index in [9.17, 15) is 19.5 Å². The Kier molecular flexibility index (Phi) is 3.47. The Balaban J connectivity index is 1.70. The quantitative estimate of drug-likeness (QED) is 0.693. The highest BCUT2D eigenvalue weighted by Crippen LogP contribution is 2.22. The van der Waals surface area contributed by atoms with Crippen molar-refractivity contribution in [1.82, 2.24) is 4.90 Å². The molecule has 5 nitrogen and oxygen atoms in total. The third-order valence-electron chi connectivity index (χ3n) is 3.63. The van der Waals surface area contributed by atoms with Gasteiger partial charge >= 0.3 is 0 Å². The first kappa shape index (κ1) is 14.0. The van der Waals surface area contributed by atoms with Crippen LogP contribution < -0.4 is 0 Å². The number of imide groups is 1. The maximum Gasteiger partial charge on any atom is 0.261 e. The van der Waals surface area contributed by atoms with Gasteiger partial charge in [0.15, 0.2) is 5.78 Å². The predicted molar refractivity (Wildman–Crippen MR) is 78.9 cm³/mol. The lowest BCUT2D eigenvalue weighted by Gasteiger charge is -2.13. The van der Waals surface area contributed by atoms with Crippen molar-refractivity contribution in [2.45, 2.75) is 6.42 Å². The van der Waals surface area contributed by atoms with E-state index in [1.807, 2.05) is 0 Å². The minimum Gasteiger partial charge on any atom is -0.508 e. The van der Waals surface area contributed by atoms with Crippen molar-refractivity contribution in [3.63, 3.8) is 0 Å². The number of fused-ring (bicyclic) bond motifs is 1. The van der Waals surface area contributed by atoms with Gasteiger partial charge in [0.1, 0.15) is 5.75 Å². The van der Waals surface area contributed by atoms with Crippen LogP contribution in [0.3, 0.4) is 0 Å². The third kappa shape index (κ3) is 2.37. The molecule has 0 aromatic heterocycles. The molecule has 0 atom stereocenters. The fourth-order valence-corrected chi connectivity index (χ4v) is 2.45. The summed E-state index contributed by atoms with van der Waals surface area (Å²) in [5.74, 6) is -0.827. The fraction of sp³-hybridized carbons (Fsp3) is 0.118. The van der Waals surface area contributed by atoms with Gasteiger partial charge in [0, 0.05) is 18.5 Å². The number of nitrogens with zero attached hydrogens (tertiary/aromatic N) is 1. The van der Waals surface area contributed by atoms with Crippen LogP contribution in [0.2, 0.25) is 0 Å². The van der Waals surface area contributed by atoms with Crippen molar-refractivity contribution in [1.29, 1.82) is 0 Å². The normalized spacial score (nSPS) is 13.4. The molecule has 0 saturated carbocycles. The van der Waals surface area contributed by atoms with E-state index < -0.39 is 0 Å². The van der Waals surface area contributed by atoms with Crippen LogP contribution in [0.25, 0.3) is 0 Å². The average Bonchev–Trinajstić information content (AvgIpc) is 2.78. The topological polar surface area (TPSA) is 74.7 Å². The second kappa shape index (κ2) is 5.44. The average molecular weight is 295 g/mol. The molecule has 0 spiro atoms. The highest BCUT2D eigenvalue weighted by atomic mass is 16.3. The first-order valence-corrected chi connectivity index (χ1v) is 6.85. The molecule has 1 aliphatic heterocycles. The number of hydrogen-bond acceptors (Lipinski definition) is 4. The fourth-order valence-electron chi connectivity index (χ4n) is 2.45. The second-order valence-corrected chi connectivity index (χ2v) is 5.03. The number of hydrogen-bond donors (Lipinski definition) is 1. The number of carbonyl (C=O) groups excluding carboxylic acids is 3. The van der Waals surface area contributed by atoms with E-state index in [1.54, 1.807) is 24.3 Å². The summed E-state index contributed by atoms with van der Waals surface area (Å²) in [4.78, 5) is 37.5. The Bertz CT molecular complexity index is 729. The van der Waals surface area contributed by atoms with E-state index >= 15 is 0 Å². The van der Waals surface area contributed by atoms with E-state index in [4.69, 9.17) is 0 Å². The Morgan fingerprint density at radius 1 is 0.909 bits per heavy atom. The maximum absolute atomic E-state index is 12.2. The number of aromatic hydroxyl groups is 1. The molecule has 3 rings (SSSR count). The van der Waals surface area contributed by atoms with Crippen LogP contribution in [0.15, 0.2) is 48.5 Å². The Morgan fingerprint density at radius 3 is 2.00 bits per heavy atom. The van der Waals surface area contributed by atoms with E-state index in [2.05, 4.69) is 0 Å². The molecule has 2 amide bonds. The van der Waals surface area contributed by atoms with E-state index in [0.717, 1.165) is 4.90 Å². The Hall–Kier alpha value is -2.95. The monoisotopic (exact) mass is 295 g/mol. The summed E-state index contributed by atoms with van der Waals surface area (Å²) in [6.45, 7) is 0.0477. The zero-order valence-electron chi connectivity index (χ0n) is 11.7. The van der Waals surface area contributed by atoms with Gasteiger partial charge in [-0.3, -0.25) is 19.3 Å². The van der Waals surface area contributed by atoms with Gasteiger partial charge in [0.05, 0.1) is 11.1 Å². The van der Waals surface area contributed by atoms with E-state index in [1.165, 1.54) is 24.3 Å². The molecular formula is C17H13NO4. The van der Waals surface area contributed by atoms with Crippen molar-refractivity contribution >= 4 is 17.6 Å². The molecule has 2 aromatic carbocycles. The van der Waals surface area contributed by atoms with Gasteiger partial charge in [-0.05, 0) is 36.4 Å². The molecule has 0 saturated heterocycles. The number of phenols is 1. The van der Waals surface area contributed by atoms with Crippen LogP contribution in [-0.2, 0) is 0 Å². The van der Waals surface area contributed by atoms with Crippen molar-refractivity contribution in [2.24, 2.45) is 0 Å². The molecular weight excluding hydrogens is 282 g/mol.